The predicted octanol–water partition coefficient (Wildman–Crippen LogP) is 3.21. The molecule has 13 nitrogen and oxygen atoms in total. The molecule has 13 heteroatoms. The van der Waals surface area contributed by atoms with Gasteiger partial charge in [0.05, 0.1) is 52.8 Å². The maximum absolute atomic E-state index is 10.2. The van der Waals surface area contributed by atoms with Gasteiger partial charge in [0, 0.05) is 45.3 Å². The van der Waals surface area contributed by atoms with Gasteiger partial charge in [-0.25, -0.2) is 0 Å². The lowest BCUT2D eigenvalue weighted by molar-refractivity contribution is -0.301. The maximum Gasteiger partial charge on any atom is 0.186 e. The molecule has 0 radical (unpaired) electrons. The van der Waals surface area contributed by atoms with Gasteiger partial charge in [0.25, 0.3) is 0 Å². The lowest BCUT2D eigenvalue weighted by Crippen LogP contribution is -2.59. The van der Waals surface area contributed by atoms with E-state index in [1.165, 1.54) is 0 Å². The monoisotopic (exact) mass is 650 g/mol. The average molecular weight is 651 g/mol. The van der Waals surface area contributed by atoms with Crippen molar-refractivity contribution in [3.8, 4) is 51.0 Å². The lowest BCUT2D eigenvalue weighted by atomic mass is 9.94. The molecule has 47 heavy (non-hydrogen) atoms. The van der Waals surface area contributed by atoms with Crippen molar-refractivity contribution in [1.82, 2.24) is 9.97 Å². The van der Waals surface area contributed by atoms with E-state index in [1.807, 2.05) is 48.8 Å². The zero-order valence-electron chi connectivity index (χ0n) is 26.4. The molecular weight excluding hydrogens is 612 g/mol. The first kappa shape index (κ1) is 32.4. The Morgan fingerprint density at radius 1 is 0.681 bits per heavy atom. The molecule has 250 valence electrons. The van der Waals surface area contributed by atoms with Crippen LogP contribution in [0.2, 0.25) is 0 Å². The largest absolute Gasteiger partial charge is 0.492 e. The van der Waals surface area contributed by atoms with Crippen molar-refractivity contribution < 1.29 is 53.6 Å². The van der Waals surface area contributed by atoms with Gasteiger partial charge in [-0.3, -0.25) is 0 Å². The summed E-state index contributed by atoms with van der Waals surface area (Å²) >= 11 is 0. The van der Waals surface area contributed by atoms with E-state index in [1.54, 1.807) is 34.5 Å². The van der Waals surface area contributed by atoms with E-state index in [2.05, 4.69) is 9.97 Å². The van der Waals surface area contributed by atoms with Gasteiger partial charge >= 0.3 is 0 Å². The quantitative estimate of drug-likeness (QED) is 0.109. The van der Waals surface area contributed by atoms with Crippen LogP contribution in [0, 0.1) is 0 Å². The Morgan fingerprint density at radius 3 is 1.85 bits per heavy atom. The van der Waals surface area contributed by atoms with Crippen LogP contribution in [0.15, 0.2) is 54.9 Å². The molecule has 1 aliphatic heterocycles. The van der Waals surface area contributed by atoms with E-state index in [-0.39, 0.29) is 13.2 Å². The van der Waals surface area contributed by atoms with Gasteiger partial charge in [0.1, 0.15) is 36.8 Å². The van der Waals surface area contributed by atoms with Gasteiger partial charge in [-0.2, -0.15) is 0 Å². The number of aromatic nitrogens is 2. The maximum atomic E-state index is 10.2. The van der Waals surface area contributed by atoms with Crippen molar-refractivity contribution in [2.75, 3.05) is 48.3 Å². The number of H-pyrrole nitrogens is 2. The average Bonchev–Trinajstić information content (AvgIpc) is 3.72. The van der Waals surface area contributed by atoms with Crippen molar-refractivity contribution in [3.05, 3.63) is 54.9 Å². The van der Waals surface area contributed by atoms with E-state index in [0.717, 1.165) is 32.9 Å². The number of aliphatic hydroxyl groups is 4. The first-order chi connectivity index (χ1) is 22.9. The van der Waals surface area contributed by atoms with Crippen LogP contribution in [0.1, 0.15) is 0 Å². The number of fused-ring (bicyclic) bond motifs is 2. The Balaban J connectivity index is 1.33. The van der Waals surface area contributed by atoms with Crippen LogP contribution < -0.4 is 23.7 Å². The number of methoxy groups -OCH3 is 4. The molecule has 0 unspecified atom stereocenters. The zero-order valence-corrected chi connectivity index (χ0v) is 26.4. The number of para-hydroxylation sites is 1. The minimum atomic E-state index is -1.52. The molecule has 0 aliphatic carbocycles. The second-order valence-corrected chi connectivity index (χ2v) is 11.0. The fourth-order valence-corrected chi connectivity index (χ4v) is 6.13. The van der Waals surface area contributed by atoms with Crippen molar-refractivity contribution in [1.29, 1.82) is 0 Å². The van der Waals surface area contributed by atoms with Crippen LogP contribution in [0.3, 0.4) is 0 Å². The Labute approximate surface area is 270 Å². The fraction of sp³-hybridized carbons (Fsp3) is 0.353. The van der Waals surface area contributed by atoms with Crippen molar-refractivity contribution in [2.24, 2.45) is 0 Å². The highest BCUT2D eigenvalue weighted by atomic mass is 16.7. The minimum Gasteiger partial charge on any atom is -0.492 e. The van der Waals surface area contributed by atoms with Crippen LogP contribution in [-0.4, -0.2) is 109 Å². The first-order valence-electron chi connectivity index (χ1n) is 15.0. The molecule has 5 atom stereocenters. The van der Waals surface area contributed by atoms with Gasteiger partial charge in [-0.05, 0) is 24.3 Å². The third-order valence-electron chi connectivity index (χ3n) is 8.40. The van der Waals surface area contributed by atoms with Gasteiger partial charge in [0.15, 0.2) is 29.3 Å². The number of rotatable bonds is 12. The summed E-state index contributed by atoms with van der Waals surface area (Å²) in [6.45, 7) is -0.473. The summed E-state index contributed by atoms with van der Waals surface area (Å²) < 4.78 is 41.0. The summed E-state index contributed by atoms with van der Waals surface area (Å²) in [6.07, 6.45) is -3.03. The predicted molar refractivity (Wildman–Crippen MR) is 172 cm³/mol. The third-order valence-corrected chi connectivity index (χ3v) is 8.40. The van der Waals surface area contributed by atoms with Gasteiger partial charge in [0.2, 0.25) is 0 Å². The number of hydrogen-bond donors (Lipinski definition) is 6. The number of aromatic amines is 2. The highest BCUT2D eigenvalue weighted by molar-refractivity contribution is 6.06. The summed E-state index contributed by atoms with van der Waals surface area (Å²) in [4.78, 5) is 6.62. The molecule has 2 aromatic heterocycles. The van der Waals surface area contributed by atoms with Gasteiger partial charge in [-0.15, -0.1) is 0 Å². The smallest absolute Gasteiger partial charge is 0.186 e. The molecule has 1 aliphatic rings. The molecule has 0 spiro atoms. The minimum absolute atomic E-state index is 0.00787. The van der Waals surface area contributed by atoms with Crippen LogP contribution in [0.5, 0.6) is 28.7 Å². The van der Waals surface area contributed by atoms with E-state index < -0.39 is 37.3 Å². The molecule has 6 rings (SSSR count). The summed E-state index contributed by atoms with van der Waals surface area (Å²) in [5.74, 6) is 2.37. The highest BCUT2D eigenvalue weighted by Crippen LogP contribution is 2.58. The summed E-state index contributed by atoms with van der Waals surface area (Å²) in [7, 11) is 6.31. The fourth-order valence-electron chi connectivity index (χ4n) is 6.13. The molecule has 1 saturated heterocycles. The number of benzene rings is 3. The van der Waals surface area contributed by atoms with Gasteiger partial charge in [-0.1, -0.05) is 18.2 Å². The second kappa shape index (κ2) is 13.7. The summed E-state index contributed by atoms with van der Waals surface area (Å²) in [6, 6.07) is 13.5. The Bertz CT molecular complexity index is 1820. The van der Waals surface area contributed by atoms with Gasteiger partial charge < -0.3 is 63.6 Å². The normalized spacial score (nSPS) is 21.2. The summed E-state index contributed by atoms with van der Waals surface area (Å²) in [5, 5.41) is 41.4. The highest BCUT2D eigenvalue weighted by Gasteiger charge is 2.44. The van der Waals surface area contributed by atoms with E-state index in [4.69, 9.17) is 33.2 Å². The second-order valence-electron chi connectivity index (χ2n) is 11.0. The molecule has 3 heterocycles. The SMILES string of the molecule is COc1c(OC)c(-c2c[nH]c3ccc(OCCO[C@@H]4O[C@H](CO)[C@@H](O)[C@H](O)[C@H]4O)cc23)c(OC)c(OC)c1-c1c[nH]c2ccccc12. The molecule has 1 fully saturated rings. The molecule has 5 aromatic rings. The Kier molecular flexibility index (Phi) is 9.45. The van der Waals surface area contributed by atoms with Crippen molar-refractivity contribution in [2.45, 2.75) is 30.7 Å². The summed E-state index contributed by atoms with van der Waals surface area (Å²) in [5.41, 5.74) is 4.68. The standard InChI is InChI=1S/C34H38N2O11/c1-41-30-25(20-14-35-22-8-6-5-7-18(20)22)31(42-2)33(44-4)26(32(30)43-3)21-15-36-23-10-9-17(13-19(21)23)45-11-12-46-34-29(40)28(39)27(38)24(16-37)47-34/h5-10,13-15,24,27-29,34-40H,11-12,16H2,1-4H3/t24-,27-,28+,29-,34-/m1/s1. The van der Waals surface area contributed by atoms with Crippen LogP contribution in [0.25, 0.3) is 44.1 Å². The van der Waals surface area contributed by atoms with Crippen molar-refractivity contribution in [3.63, 3.8) is 0 Å². The first-order valence-corrected chi connectivity index (χ1v) is 15.0. The van der Waals surface area contributed by atoms with Crippen molar-refractivity contribution >= 4 is 21.8 Å². The third kappa shape index (κ3) is 5.71. The number of aliphatic hydroxyl groups excluding tert-OH is 4. The molecule has 0 bridgehead atoms. The Morgan fingerprint density at radius 2 is 1.26 bits per heavy atom. The molecule has 3 aromatic carbocycles. The Hall–Kier alpha value is -4.50. The zero-order chi connectivity index (χ0) is 33.2. The van der Waals surface area contributed by atoms with Crippen LogP contribution in [0.4, 0.5) is 0 Å². The van der Waals surface area contributed by atoms with E-state index >= 15 is 0 Å². The molecular formula is C34H38N2O11. The van der Waals surface area contributed by atoms with Crippen LogP contribution in [-0.2, 0) is 9.47 Å². The van der Waals surface area contributed by atoms with E-state index in [9.17, 15) is 20.4 Å². The number of ether oxygens (including phenoxy) is 7. The lowest BCUT2D eigenvalue weighted by Gasteiger charge is -2.39. The van der Waals surface area contributed by atoms with Crippen LogP contribution >= 0.6 is 0 Å². The number of nitrogens with one attached hydrogen (secondary N) is 2. The molecule has 0 amide bonds. The van der Waals surface area contributed by atoms with E-state index in [0.29, 0.717) is 39.9 Å². The molecule has 6 N–H and O–H groups in total. The topological polar surface area (TPSA) is 177 Å². The molecule has 0 saturated carbocycles. The number of hydrogen-bond acceptors (Lipinski definition) is 11.